The maximum atomic E-state index is 12.1. The van der Waals surface area contributed by atoms with Crippen LogP contribution in [-0.4, -0.2) is 45.1 Å². The molecule has 0 aliphatic rings. The molecule has 0 radical (unpaired) electrons. The van der Waals surface area contributed by atoms with Gasteiger partial charge in [0.05, 0.1) is 12.8 Å². The number of hydrogen-bond donors (Lipinski definition) is 1. The third kappa shape index (κ3) is 7.69. The van der Waals surface area contributed by atoms with Crippen LogP contribution in [0.5, 0.6) is 0 Å². The summed E-state index contributed by atoms with van der Waals surface area (Å²) in [6.07, 6.45) is -0.799. The van der Waals surface area contributed by atoms with Gasteiger partial charge in [0.1, 0.15) is 12.6 Å². The zero-order chi connectivity index (χ0) is 18.7. The molecule has 0 heterocycles. The van der Waals surface area contributed by atoms with E-state index in [4.69, 9.17) is 18.5 Å². The number of nitrogens with one attached hydrogen (secondary N) is 1. The molecule has 9 heteroatoms. The average molecular weight is 373 g/mol. The van der Waals surface area contributed by atoms with Crippen molar-refractivity contribution >= 4 is 19.7 Å². The summed E-state index contributed by atoms with van der Waals surface area (Å²) in [4.78, 5) is 23.9. The van der Waals surface area contributed by atoms with Crippen LogP contribution in [0.1, 0.15) is 18.9 Å². The minimum Gasteiger partial charge on any atom is -0.464 e. The van der Waals surface area contributed by atoms with Crippen molar-refractivity contribution in [3.63, 3.8) is 0 Å². The number of carbonyl (C=O) groups is 2. The summed E-state index contributed by atoms with van der Waals surface area (Å²) in [7, 11) is -0.790. The molecule has 0 fully saturated rings. The lowest BCUT2D eigenvalue weighted by Crippen LogP contribution is -2.42. The standard InChI is InChI=1S/C16H24NO7P/c1-4-23-15(18)14(10-11-25(20,21-2)22-3)17-16(19)24-12-13-8-6-5-7-9-13/h5-9,14H,4,10-12H2,1-3H3,(H,17,19)/t14-/m0/s1. The second-order valence-electron chi connectivity index (χ2n) is 5.00. The lowest BCUT2D eigenvalue weighted by Gasteiger charge is -2.19. The molecular formula is C16H24NO7P. The van der Waals surface area contributed by atoms with Crippen molar-refractivity contribution in [1.82, 2.24) is 5.32 Å². The summed E-state index contributed by atoms with van der Waals surface area (Å²) >= 11 is 0. The zero-order valence-corrected chi connectivity index (χ0v) is 15.5. The third-order valence-electron chi connectivity index (χ3n) is 3.32. The van der Waals surface area contributed by atoms with Gasteiger partial charge >= 0.3 is 19.7 Å². The van der Waals surface area contributed by atoms with Crippen LogP contribution in [0.25, 0.3) is 0 Å². The minimum atomic E-state index is -3.30. The van der Waals surface area contributed by atoms with Crippen LogP contribution >= 0.6 is 7.60 Å². The highest BCUT2D eigenvalue weighted by molar-refractivity contribution is 7.53. The molecule has 0 aliphatic carbocycles. The molecule has 0 spiro atoms. The van der Waals surface area contributed by atoms with Gasteiger partial charge < -0.3 is 23.8 Å². The van der Waals surface area contributed by atoms with E-state index in [2.05, 4.69) is 5.32 Å². The fraction of sp³-hybridized carbons (Fsp3) is 0.500. The first-order chi connectivity index (χ1) is 11.9. The van der Waals surface area contributed by atoms with Crippen molar-refractivity contribution in [2.45, 2.75) is 26.0 Å². The molecular weight excluding hydrogens is 349 g/mol. The second kappa shape index (κ2) is 10.9. The van der Waals surface area contributed by atoms with E-state index in [1.165, 1.54) is 14.2 Å². The van der Waals surface area contributed by atoms with Crippen molar-refractivity contribution in [2.24, 2.45) is 0 Å². The number of alkyl carbamates (subject to hydrolysis) is 1. The van der Waals surface area contributed by atoms with E-state index in [0.717, 1.165) is 5.56 Å². The fourth-order valence-electron chi connectivity index (χ4n) is 1.94. The largest absolute Gasteiger partial charge is 0.464 e. The lowest BCUT2D eigenvalue weighted by atomic mass is 10.2. The van der Waals surface area contributed by atoms with E-state index in [9.17, 15) is 14.2 Å². The first kappa shape index (κ1) is 21.2. The van der Waals surface area contributed by atoms with Crippen LogP contribution < -0.4 is 5.32 Å². The van der Waals surface area contributed by atoms with Crippen LogP contribution in [0.4, 0.5) is 4.79 Å². The quantitative estimate of drug-likeness (QED) is 0.497. The van der Waals surface area contributed by atoms with E-state index in [1.54, 1.807) is 6.92 Å². The van der Waals surface area contributed by atoms with E-state index >= 15 is 0 Å². The van der Waals surface area contributed by atoms with Crippen molar-refractivity contribution in [1.29, 1.82) is 0 Å². The van der Waals surface area contributed by atoms with Crippen LogP contribution in [-0.2, 0) is 34.5 Å². The Kier molecular flexibility index (Phi) is 9.20. The maximum absolute atomic E-state index is 12.1. The van der Waals surface area contributed by atoms with Crippen LogP contribution in [0, 0.1) is 0 Å². The highest BCUT2D eigenvalue weighted by Gasteiger charge is 2.28. The number of amides is 1. The minimum absolute atomic E-state index is 0.0260. The monoisotopic (exact) mass is 373 g/mol. The molecule has 0 saturated heterocycles. The Morgan fingerprint density at radius 2 is 1.76 bits per heavy atom. The summed E-state index contributed by atoms with van der Waals surface area (Å²) in [6, 6.07) is 8.11. The predicted molar refractivity (Wildman–Crippen MR) is 91.3 cm³/mol. The number of esters is 1. The molecule has 0 unspecified atom stereocenters. The van der Waals surface area contributed by atoms with Gasteiger partial charge in [-0.1, -0.05) is 30.3 Å². The average Bonchev–Trinajstić information content (AvgIpc) is 2.64. The van der Waals surface area contributed by atoms with Crippen LogP contribution in [0.3, 0.4) is 0 Å². The molecule has 1 aromatic carbocycles. The summed E-state index contributed by atoms with van der Waals surface area (Å²) in [6.45, 7) is 1.87. The smallest absolute Gasteiger partial charge is 0.408 e. The Morgan fingerprint density at radius 3 is 2.32 bits per heavy atom. The molecule has 0 saturated carbocycles. The fourth-order valence-corrected chi connectivity index (χ4v) is 3.03. The number of ether oxygens (including phenoxy) is 2. The number of benzene rings is 1. The van der Waals surface area contributed by atoms with Crippen molar-refractivity contribution in [3.05, 3.63) is 35.9 Å². The Morgan fingerprint density at radius 1 is 1.12 bits per heavy atom. The number of hydrogen-bond acceptors (Lipinski definition) is 7. The Balaban J connectivity index is 2.61. The van der Waals surface area contributed by atoms with Gasteiger partial charge in [0, 0.05) is 14.2 Å². The molecule has 140 valence electrons. The SMILES string of the molecule is CCOC(=O)[C@H](CCP(=O)(OC)OC)NC(=O)OCc1ccccc1. The molecule has 1 aromatic rings. The van der Waals surface area contributed by atoms with E-state index < -0.39 is 25.7 Å². The van der Waals surface area contributed by atoms with Gasteiger partial charge in [-0.3, -0.25) is 4.57 Å². The van der Waals surface area contributed by atoms with Gasteiger partial charge in [0.15, 0.2) is 0 Å². The predicted octanol–water partition coefficient (Wildman–Crippen LogP) is 2.72. The van der Waals surface area contributed by atoms with Gasteiger partial charge in [-0.05, 0) is 18.9 Å². The molecule has 1 N–H and O–H groups in total. The highest BCUT2D eigenvalue weighted by atomic mass is 31.2. The Labute approximate surface area is 147 Å². The zero-order valence-electron chi connectivity index (χ0n) is 14.6. The molecule has 1 amide bonds. The van der Waals surface area contributed by atoms with Crippen molar-refractivity contribution < 1.29 is 32.7 Å². The summed E-state index contributed by atoms with van der Waals surface area (Å²) < 4.78 is 31.7. The maximum Gasteiger partial charge on any atom is 0.408 e. The van der Waals surface area contributed by atoms with Crippen molar-refractivity contribution in [2.75, 3.05) is 27.0 Å². The van der Waals surface area contributed by atoms with Gasteiger partial charge in [-0.15, -0.1) is 0 Å². The first-order valence-electron chi connectivity index (χ1n) is 7.78. The number of carbonyl (C=O) groups excluding carboxylic acids is 2. The normalized spacial score (nSPS) is 12.3. The Hall–Kier alpha value is -1.89. The van der Waals surface area contributed by atoms with Gasteiger partial charge in [0.25, 0.3) is 0 Å². The topological polar surface area (TPSA) is 100 Å². The van der Waals surface area contributed by atoms with Gasteiger partial charge in [-0.25, -0.2) is 9.59 Å². The second-order valence-corrected chi connectivity index (χ2v) is 7.40. The number of rotatable bonds is 10. The van der Waals surface area contributed by atoms with Gasteiger partial charge in [0.2, 0.25) is 0 Å². The molecule has 25 heavy (non-hydrogen) atoms. The first-order valence-corrected chi connectivity index (χ1v) is 9.51. The molecule has 1 atom stereocenters. The molecule has 1 rings (SSSR count). The van der Waals surface area contributed by atoms with Gasteiger partial charge in [-0.2, -0.15) is 0 Å². The lowest BCUT2D eigenvalue weighted by molar-refractivity contribution is -0.145. The van der Waals surface area contributed by atoms with E-state index in [0.29, 0.717) is 0 Å². The summed E-state index contributed by atoms with van der Waals surface area (Å²) in [5.41, 5.74) is 0.814. The summed E-state index contributed by atoms with van der Waals surface area (Å²) in [5, 5.41) is 2.42. The Bertz CT molecular complexity index is 585. The molecule has 8 nitrogen and oxygen atoms in total. The highest BCUT2D eigenvalue weighted by Crippen LogP contribution is 2.46. The molecule has 0 aliphatic heterocycles. The molecule has 0 bridgehead atoms. The van der Waals surface area contributed by atoms with Crippen LogP contribution in [0.15, 0.2) is 30.3 Å². The van der Waals surface area contributed by atoms with E-state index in [1.807, 2.05) is 30.3 Å². The van der Waals surface area contributed by atoms with E-state index in [-0.39, 0.29) is 25.8 Å². The van der Waals surface area contributed by atoms with Crippen molar-refractivity contribution in [3.8, 4) is 0 Å². The summed E-state index contributed by atoms with van der Waals surface area (Å²) in [5.74, 6) is -0.641. The molecule has 0 aromatic heterocycles. The third-order valence-corrected chi connectivity index (χ3v) is 5.24. The van der Waals surface area contributed by atoms with Crippen LogP contribution in [0.2, 0.25) is 0 Å².